The molecule has 1 fully saturated rings. The predicted octanol–water partition coefficient (Wildman–Crippen LogP) is 3.38. The van der Waals surface area contributed by atoms with Crippen LogP contribution in [0.1, 0.15) is 12.5 Å². The zero-order valence-electron chi connectivity index (χ0n) is 10.8. The van der Waals surface area contributed by atoms with Gasteiger partial charge in [0.05, 0.1) is 12.0 Å². The lowest BCUT2D eigenvalue weighted by atomic mass is 10.1. The van der Waals surface area contributed by atoms with Crippen LogP contribution in [0.15, 0.2) is 21.5 Å². The lowest BCUT2D eigenvalue weighted by molar-refractivity contribution is -0.121. The number of hydrogen-bond donors (Lipinski definition) is 1. The molecule has 2 rings (SSSR count). The molecule has 0 aliphatic carbocycles. The number of amides is 1. The van der Waals surface area contributed by atoms with Crippen LogP contribution in [0.3, 0.4) is 0 Å². The minimum absolute atomic E-state index is 0.00235. The van der Waals surface area contributed by atoms with Gasteiger partial charge in [0, 0.05) is 16.6 Å². The number of ether oxygens (including phenoxy) is 1. The van der Waals surface area contributed by atoms with Gasteiger partial charge in [-0.15, -0.1) is 0 Å². The summed E-state index contributed by atoms with van der Waals surface area (Å²) in [5, 5.41) is 10.1. The summed E-state index contributed by atoms with van der Waals surface area (Å²) in [6.45, 7) is 2.41. The van der Waals surface area contributed by atoms with Crippen LogP contribution in [0.4, 0.5) is 0 Å². The smallest absolute Gasteiger partial charge is 0.266 e. The number of likely N-dealkylation sites (N-methyl/N-ethyl adjacent to an activating group) is 1. The molecule has 1 aromatic carbocycles. The Bertz CT molecular complexity index is 616. The lowest BCUT2D eigenvalue weighted by Crippen LogP contribution is -2.27. The molecule has 106 valence electrons. The maximum absolute atomic E-state index is 12.1. The van der Waals surface area contributed by atoms with Crippen LogP contribution in [0, 0.1) is 0 Å². The van der Waals surface area contributed by atoms with Gasteiger partial charge in [0.2, 0.25) is 0 Å². The summed E-state index contributed by atoms with van der Waals surface area (Å²) in [6, 6.07) is 3.38. The summed E-state index contributed by atoms with van der Waals surface area (Å²) < 4.78 is 6.37. The van der Waals surface area contributed by atoms with Gasteiger partial charge in [-0.2, -0.15) is 0 Å². The zero-order valence-corrected chi connectivity index (χ0v) is 14.1. The van der Waals surface area contributed by atoms with Crippen LogP contribution in [0.5, 0.6) is 11.5 Å². The number of aromatic hydroxyl groups is 1. The number of hydrogen-bond acceptors (Lipinski definition) is 5. The van der Waals surface area contributed by atoms with Gasteiger partial charge < -0.3 is 9.84 Å². The van der Waals surface area contributed by atoms with Crippen molar-refractivity contribution in [1.29, 1.82) is 0 Å². The first-order chi connectivity index (χ1) is 9.47. The molecule has 0 bridgehead atoms. The first-order valence-corrected chi connectivity index (χ1v) is 7.81. The zero-order chi connectivity index (χ0) is 14.9. The van der Waals surface area contributed by atoms with E-state index in [0.29, 0.717) is 27.1 Å². The Labute approximate surface area is 134 Å². The van der Waals surface area contributed by atoms with Crippen LogP contribution >= 0.6 is 39.9 Å². The van der Waals surface area contributed by atoms with Gasteiger partial charge in [0.25, 0.3) is 5.91 Å². The third-order valence-electron chi connectivity index (χ3n) is 2.77. The molecule has 1 saturated heterocycles. The molecule has 1 heterocycles. The molecule has 1 aromatic rings. The van der Waals surface area contributed by atoms with E-state index in [1.54, 1.807) is 18.2 Å². The quantitative estimate of drug-likeness (QED) is 0.649. The third kappa shape index (κ3) is 2.84. The molecule has 1 N–H and O–H groups in total. The van der Waals surface area contributed by atoms with E-state index < -0.39 is 0 Å². The predicted molar refractivity (Wildman–Crippen MR) is 87.9 cm³/mol. The number of phenolic OH excluding ortho intramolecular Hbond substituents is 1. The van der Waals surface area contributed by atoms with Gasteiger partial charge >= 0.3 is 0 Å². The maximum Gasteiger partial charge on any atom is 0.266 e. The summed E-state index contributed by atoms with van der Waals surface area (Å²) in [4.78, 5) is 14.1. The summed E-state index contributed by atoms with van der Waals surface area (Å²) in [5.41, 5.74) is 0.507. The molecule has 7 heteroatoms. The molecule has 0 atom stereocenters. The minimum atomic E-state index is -0.138. The second kappa shape index (κ2) is 6.15. The topological polar surface area (TPSA) is 49.8 Å². The second-order valence-corrected chi connectivity index (χ2v) is 6.56. The highest BCUT2D eigenvalue weighted by atomic mass is 79.9. The SMILES string of the molecule is CCN1C(=O)C(=Cc2cc(Br)cc(OC)c2O)SC1=S. The average Bonchev–Trinajstić information content (AvgIpc) is 2.67. The van der Waals surface area contributed by atoms with E-state index in [2.05, 4.69) is 15.9 Å². The molecular formula is C13H12BrNO3S2. The highest BCUT2D eigenvalue weighted by Gasteiger charge is 2.30. The van der Waals surface area contributed by atoms with Gasteiger partial charge in [0.15, 0.2) is 11.5 Å². The number of phenols is 1. The minimum Gasteiger partial charge on any atom is -0.504 e. The van der Waals surface area contributed by atoms with Crippen molar-refractivity contribution in [2.45, 2.75) is 6.92 Å². The summed E-state index contributed by atoms with van der Waals surface area (Å²) in [6.07, 6.45) is 1.62. The van der Waals surface area contributed by atoms with Gasteiger partial charge in [-0.1, -0.05) is 39.9 Å². The number of carbonyl (C=O) groups excluding carboxylic acids is 1. The summed E-state index contributed by atoms with van der Waals surface area (Å²) >= 11 is 9.72. The van der Waals surface area contributed by atoms with E-state index in [4.69, 9.17) is 17.0 Å². The van der Waals surface area contributed by atoms with Crippen LogP contribution in [0.2, 0.25) is 0 Å². The fourth-order valence-electron chi connectivity index (χ4n) is 1.77. The number of methoxy groups -OCH3 is 1. The number of halogens is 1. The van der Waals surface area contributed by atoms with Crippen molar-refractivity contribution in [3.63, 3.8) is 0 Å². The number of rotatable bonds is 3. The second-order valence-electron chi connectivity index (χ2n) is 3.97. The van der Waals surface area contributed by atoms with Crippen molar-refractivity contribution < 1.29 is 14.6 Å². The van der Waals surface area contributed by atoms with Crippen LogP contribution in [-0.2, 0) is 4.79 Å². The first kappa shape index (κ1) is 15.3. The molecule has 4 nitrogen and oxygen atoms in total. The molecule has 0 spiro atoms. The molecule has 20 heavy (non-hydrogen) atoms. The van der Waals surface area contributed by atoms with Gasteiger partial charge in [-0.05, 0) is 25.1 Å². The molecular weight excluding hydrogens is 362 g/mol. The Morgan fingerprint density at radius 3 is 2.80 bits per heavy atom. The third-order valence-corrected chi connectivity index (χ3v) is 4.60. The van der Waals surface area contributed by atoms with E-state index in [-0.39, 0.29) is 11.7 Å². The number of thioether (sulfide) groups is 1. The van der Waals surface area contributed by atoms with E-state index in [1.807, 2.05) is 6.92 Å². The molecule has 1 amide bonds. The Morgan fingerprint density at radius 2 is 2.25 bits per heavy atom. The van der Waals surface area contributed by atoms with Crippen molar-refractivity contribution in [1.82, 2.24) is 4.90 Å². The highest BCUT2D eigenvalue weighted by molar-refractivity contribution is 9.10. The summed E-state index contributed by atoms with van der Waals surface area (Å²) in [5.74, 6) is 0.204. The average molecular weight is 374 g/mol. The molecule has 0 saturated carbocycles. The molecule has 0 unspecified atom stereocenters. The Kier molecular flexibility index (Phi) is 4.72. The fourth-order valence-corrected chi connectivity index (χ4v) is 3.60. The number of thiocarbonyl (C=S) groups is 1. The van der Waals surface area contributed by atoms with Gasteiger partial charge in [-0.3, -0.25) is 9.69 Å². The van der Waals surface area contributed by atoms with Crippen molar-refractivity contribution >= 4 is 56.2 Å². The van der Waals surface area contributed by atoms with E-state index in [0.717, 1.165) is 4.47 Å². The van der Waals surface area contributed by atoms with Crippen molar-refractivity contribution in [2.75, 3.05) is 13.7 Å². The lowest BCUT2D eigenvalue weighted by Gasteiger charge is -2.10. The Morgan fingerprint density at radius 1 is 1.55 bits per heavy atom. The fraction of sp³-hybridized carbons (Fsp3) is 0.231. The highest BCUT2D eigenvalue weighted by Crippen LogP contribution is 2.38. The maximum atomic E-state index is 12.1. The number of carbonyl (C=O) groups is 1. The monoisotopic (exact) mass is 373 g/mol. The van der Waals surface area contributed by atoms with E-state index >= 15 is 0 Å². The standard InChI is InChI=1S/C13H12BrNO3S2/c1-3-15-12(17)10(20-13(15)19)5-7-4-8(14)6-9(18-2)11(7)16/h4-6,16H,3H2,1-2H3. The van der Waals surface area contributed by atoms with E-state index in [1.165, 1.54) is 23.8 Å². The van der Waals surface area contributed by atoms with Crippen LogP contribution < -0.4 is 4.74 Å². The Balaban J connectivity index is 2.44. The largest absolute Gasteiger partial charge is 0.504 e. The van der Waals surface area contributed by atoms with Crippen molar-refractivity contribution in [3.05, 3.63) is 27.1 Å². The number of benzene rings is 1. The first-order valence-electron chi connectivity index (χ1n) is 5.79. The van der Waals surface area contributed by atoms with Gasteiger partial charge in [-0.25, -0.2) is 0 Å². The Hall–Kier alpha value is -1.05. The number of nitrogens with zero attached hydrogens (tertiary/aromatic N) is 1. The molecule has 1 aliphatic heterocycles. The van der Waals surface area contributed by atoms with E-state index in [9.17, 15) is 9.90 Å². The molecule has 0 radical (unpaired) electrons. The van der Waals surface area contributed by atoms with Crippen molar-refractivity contribution in [2.24, 2.45) is 0 Å². The van der Waals surface area contributed by atoms with Crippen molar-refractivity contribution in [3.8, 4) is 11.5 Å². The van der Waals surface area contributed by atoms with Crippen LogP contribution in [-0.4, -0.2) is 33.9 Å². The van der Waals surface area contributed by atoms with Gasteiger partial charge in [0.1, 0.15) is 4.32 Å². The normalized spacial score (nSPS) is 17.1. The molecule has 1 aliphatic rings. The van der Waals surface area contributed by atoms with Crippen LogP contribution in [0.25, 0.3) is 6.08 Å². The molecule has 0 aromatic heterocycles. The summed E-state index contributed by atoms with van der Waals surface area (Å²) in [7, 11) is 1.47.